The third-order valence-corrected chi connectivity index (χ3v) is 7.87. The Bertz CT molecular complexity index is 1220. The molecule has 2 aromatic carbocycles. The molecule has 8 heteroatoms. The standard InChI is InChI=1S/C29H33F2N3O3/c1-15(2)11-23-27(35)32-24(19-12-17-7-5-6-8-18(17)13-19)28(36)34(23)25-21-10-9-20(30)14-22(21)26(31)33(16(3)4)29(25)37/h5-10,14-16,19,23-26H,11-13H2,1-4H3,(H,32,35)/t23-,24-,25-,26?/m1/s1. The smallest absolute Gasteiger partial charge is 0.252 e. The molecule has 1 N–H and O–H groups in total. The normalized spacial score (nSPS) is 26.1. The minimum Gasteiger partial charge on any atom is -0.342 e. The number of amides is 3. The SMILES string of the molecule is CC(C)C[C@@H]1C(=O)N[C@H](C2Cc3ccccc3C2)C(=O)N1[C@H]1C(=O)N(C(C)C)C(F)c2cc(F)ccc21. The van der Waals surface area contributed by atoms with Gasteiger partial charge in [0.1, 0.15) is 23.9 Å². The molecule has 3 aliphatic rings. The van der Waals surface area contributed by atoms with E-state index in [9.17, 15) is 18.8 Å². The number of nitrogens with one attached hydrogen (secondary N) is 1. The Labute approximate surface area is 216 Å². The van der Waals surface area contributed by atoms with Gasteiger partial charge in [0.05, 0.1) is 0 Å². The number of hydrogen-bond donors (Lipinski definition) is 1. The highest BCUT2D eigenvalue weighted by Gasteiger charge is 2.53. The van der Waals surface area contributed by atoms with Crippen molar-refractivity contribution in [2.45, 2.75) is 77.4 Å². The van der Waals surface area contributed by atoms with Crippen molar-refractivity contribution < 1.29 is 23.2 Å². The zero-order valence-electron chi connectivity index (χ0n) is 21.6. The fourth-order valence-electron chi connectivity index (χ4n) is 6.20. The van der Waals surface area contributed by atoms with Crippen LogP contribution in [0.2, 0.25) is 0 Å². The number of carbonyl (C=O) groups is 3. The maximum absolute atomic E-state index is 15.6. The lowest BCUT2D eigenvalue weighted by atomic mass is 9.85. The van der Waals surface area contributed by atoms with Gasteiger partial charge in [-0.05, 0) is 73.8 Å². The fraction of sp³-hybridized carbons (Fsp3) is 0.483. The van der Waals surface area contributed by atoms with Gasteiger partial charge >= 0.3 is 0 Å². The molecule has 0 radical (unpaired) electrons. The number of hydrogen-bond acceptors (Lipinski definition) is 3. The van der Waals surface area contributed by atoms with E-state index in [1.54, 1.807) is 13.8 Å². The van der Waals surface area contributed by atoms with Crippen molar-refractivity contribution in [3.63, 3.8) is 0 Å². The Morgan fingerprint density at radius 2 is 1.59 bits per heavy atom. The molecule has 2 aliphatic heterocycles. The van der Waals surface area contributed by atoms with Gasteiger partial charge in [-0.1, -0.05) is 44.2 Å². The third kappa shape index (κ3) is 4.30. The Hall–Kier alpha value is -3.29. The van der Waals surface area contributed by atoms with Crippen LogP contribution in [0.1, 0.15) is 68.7 Å². The van der Waals surface area contributed by atoms with Crippen LogP contribution in [0.25, 0.3) is 0 Å². The summed E-state index contributed by atoms with van der Waals surface area (Å²) in [5.41, 5.74) is 2.55. The van der Waals surface area contributed by atoms with Crippen LogP contribution >= 0.6 is 0 Å². The first-order valence-electron chi connectivity index (χ1n) is 13.0. The quantitative estimate of drug-likeness (QED) is 0.613. The highest BCUT2D eigenvalue weighted by Crippen LogP contribution is 2.43. The van der Waals surface area contributed by atoms with Crippen LogP contribution in [0.15, 0.2) is 42.5 Å². The molecule has 1 saturated heterocycles. The zero-order chi connectivity index (χ0) is 26.6. The summed E-state index contributed by atoms with van der Waals surface area (Å²) in [6, 6.07) is 8.17. The second-order valence-corrected chi connectivity index (χ2v) is 11.2. The lowest BCUT2D eigenvalue weighted by Gasteiger charge is -2.48. The molecule has 2 heterocycles. The summed E-state index contributed by atoms with van der Waals surface area (Å²) in [7, 11) is 0. The lowest BCUT2D eigenvalue weighted by Crippen LogP contribution is -2.68. The first-order valence-corrected chi connectivity index (χ1v) is 13.0. The van der Waals surface area contributed by atoms with Crippen LogP contribution in [0, 0.1) is 17.7 Å². The molecule has 2 aromatic rings. The number of rotatable bonds is 5. The zero-order valence-corrected chi connectivity index (χ0v) is 21.6. The molecule has 1 unspecified atom stereocenters. The van der Waals surface area contributed by atoms with Gasteiger partial charge in [-0.25, -0.2) is 8.78 Å². The summed E-state index contributed by atoms with van der Waals surface area (Å²) in [6.45, 7) is 7.25. The van der Waals surface area contributed by atoms with E-state index in [0.29, 0.717) is 19.3 Å². The first kappa shape index (κ1) is 25.4. The van der Waals surface area contributed by atoms with Crippen LogP contribution in [0.3, 0.4) is 0 Å². The largest absolute Gasteiger partial charge is 0.342 e. The monoisotopic (exact) mass is 509 g/mol. The molecule has 0 bridgehead atoms. The highest BCUT2D eigenvalue weighted by molar-refractivity contribution is 6.01. The molecule has 1 fully saturated rings. The van der Waals surface area contributed by atoms with E-state index in [4.69, 9.17) is 0 Å². The summed E-state index contributed by atoms with van der Waals surface area (Å²) in [5.74, 6) is -1.98. The third-order valence-electron chi connectivity index (χ3n) is 7.87. The summed E-state index contributed by atoms with van der Waals surface area (Å²) < 4.78 is 29.8. The van der Waals surface area contributed by atoms with Crippen molar-refractivity contribution in [3.8, 4) is 0 Å². The molecule has 0 saturated carbocycles. The number of halogens is 2. The summed E-state index contributed by atoms with van der Waals surface area (Å²) in [4.78, 5) is 44.1. The summed E-state index contributed by atoms with van der Waals surface area (Å²) in [6.07, 6.45) is -0.218. The number of benzene rings is 2. The number of fused-ring (bicyclic) bond motifs is 2. The first-order chi connectivity index (χ1) is 17.6. The Balaban J connectivity index is 1.60. The highest BCUT2D eigenvalue weighted by atomic mass is 19.1. The number of carbonyl (C=O) groups excluding carboxylic acids is 3. The van der Waals surface area contributed by atoms with E-state index in [1.807, 2.05) is 38.1 Å². The minimum absolute atomic E-state index is 0.0187. The van der Waals surface area contributed by atoms with Gasteiger partial charge < -0.3 is 15.1 Å². The van der Waals surface area contributed by atoms with Crippen molar-refractivity contribution in [3.05, 3.63) is 70.5 Å². The van der Waals surface area contributed by atoms with E-state index >= 15 is 4.39 Å². The summed E-state index contributed by atoms with van der Waals surface area (Å²) in [5, 5.41) is 2.97. The van der Waals surface area contributed by atoms with Gasteiger partial charge in [-0.15, -0.1) is 0 Å². The van der Waals surface area contributed by atoms with Crippen LogP contribution in [0.5, 0.6) is 0 Å². The van der Waals surface area contributed by atoms with Crippen LogP contribution in [0.4, 0.5) is 8.78 Å². The molecule has 6 nitrogen and oxygen atoms in total. The minimum atomic E-state index is -1.84. The second kappa shape index (κ2) is 9.54. The molecule has 1 aliphatic carbocycles. The van der Waals surface area contributed by atoms with Crippen LogP contribution in [-0.4, -0.2) is 45.6 Å². The summed E-state index contributed by atoms with van der Waals surface area (Å²) >= 11 is 0. The predicted molar refractivity (Wildman–Crippen MR) is 134 cm³/mol. The van der Waals surface area contributed by atoms with E-state index < -0.39 is 42.2 Å². The van der Waals surface area contributed by atoms with Gasteiger partial charge in [0.15, 0.2) is 0 Å². The Kier molecular flexibility index (Phi) is 6.54. The molecule has 0 aromatic heterocycles. The van der Waals surface area contributed by atoms with E-state index in [1.165, 1.54) is 17.0 Å². The van der Waals surface area contributed by atoms with E-state index in [2.05, 4.69) is 5.32 Å². The van der Waals surface area contributed by atoms with Crippen molar-refractivity contribution in [2.24, 2.45) is 11.8 Å². The van der Waals surface area contributed by atoms with Crippen molar-refractivity contribution in [1.29, 1.82) is 0 Å². The number of piperazine rings is 1. The predicted octanol–water partition coefficient (Wildman–Crippen LogP) is 4.24. The lowest BCUT2D eigenvalue weighted by molar-refractivity contribution is -0.165. The fourth-order valence-corrected chi connectivity index (χ4v) is 6.20. The molecular formula is C29H33F2N3O3. The molecule has 5 rings (SSSR count). The van der Waals surface area contributed by atoms with Gasteiger partial charge in [-0.2, -0.15) is 0 Å². The number of alkyl halides is 1. The maximum Gasteiger partial charge on any atom is 0.252 e. The second-order valence-electron chi connectivity index (χ2n) is 11.2. The molecule has 4 atom stereocenters. The van der Waals surface area contributed by atoms with Crippen molar-refractivity contribution >= 4 is 17.7 Å². The molecule has 37 heavy (non-hydrogen) atoms. The Morgan fingerprint density at radius 3 is 2.19 bits per heavy atom. The molecular weight excluding hydrogens is 476 g/mol. The molecule has 196 valence electrons. The maximum atomic E-state index is 15.6. The van der Waals surface area contributed by atoms with E-state index in [0.717, 1.165) is 22.1 Å². The van der Waals surface area contributed by atoms with Gasteiger partial charge in [0.25, 0.3) is 5.91 Å². The van der Waals surface area contributed by atoms with Gasteiger partial charge in [-0.3, -0.25) is 14.4 Å². The van der Waals surface area contributed by atoms with E-state index in [-0.39, 0.29) is 34.8 Å². The van der Waals surface area contributed by atoms with Gasteiger partial charge in [0, 0.05) is 11.6 Å². The van der Waals surface area contributed by atoms with Gasteiger partial charge in [0.2, 0.25) is 18.1 Å². The Morgan fingerprint density at radius 1 is 0.946 bits per heavy atom. The van der Waals surface area contributed by atoms with Crippen LogP contribution in [-0.2, 0) is 27.2 Å². The average molecular weight is 510 g/mol. The van der Waals surface area contributed by atoms with Crippen molar-refractivity contribution in [2.75, 3.05) is 0 Å². The number of nitrogens with zero attached hydrogens (tertiary/aromatic N) is 2. The topological polar surface area (TPSA) is 69.7 Å². The van der Waals surface area contributed by atoms with Crippen molar-refractivity contribution in [1.82, 2.24) is 15.1 Å². The van der Waals surface area contributed by atoms with Crippen LogP contribution < -0.4 is 5.32 Å². The molecule has 0 spiro atoms. The molecule has 3 amide bonds. The average Bonchev–Trinajstić information content (AvgIpc) is 3.26.